The molecule has 1 atom stereocenters. The Morgan fingerprint density at radius 3 is 2.56 bits per heavy atom. The van der Waals surface area contributed by atoms with Crippen molar-refractivity contribution in [1.29, 1.82) is 0 Å². The van der Waals surface area contributed by atoms with Crippen LogP contribution in [0.15, 0.2) is 48.5 Å². The van der Waals surface area contributed by atoms with Gasteiger partial charge in [0.2, 0.25) is 5.91 Å². The summed E-state index contributed by atoms with van der Waals surface area (Å²) in [5.74, 6) is -0.337. The van der Waals surface area contributed by atoms with Crippen molar-refractivity contribution in [2.24, 2.45) is 0 Å². The fourth-order valence-corrected chi connectivity index (χ4v) is 2.57. The molecule has 0 aliphatic rings. The molecule has 0 bridgehead atoms. The zero-order valence-corrected chi connectivity index (χ0v) is 15.0. The van der Waals surface area contributed by atoms with Crippen molar-refractivity contribution in [3.8, 4) is 0 Å². The molecule has 5 nitrogen and oxygen atoms in total. The molecule has 0 radical (unpaired) electrons. The number of methoxy groups -OCH3 is 1. The first-order chi connectivity index (χ1) is 12.0. The number of halogens is 1. The van der Waals surface area contributed by atoms with Crippen LogP contribution in [0.3, 0.4) is 0 Å². The molecule has 0 heterocycles. The molecule has 0 spiro atoms. The van der Waals surface area contributed by atoms with Crippen LogP contribution in [0.1, 0.15) is 22.8 Å². The van der Waals surface area contributed by atoms with E-state index < -0.39 is 0 Å². The lowest BCUT2D eigenvalue weighted by Crippen LogP contribution is -2.39. The Morgan fingerprint density at radius 1 is 1.16 bits per heavy atom. The van der Waals surface area contributed by atoms with Crippen molar-refractivity contribution in [1.82, 2.24) is 5.32 Å². The lowest BCUT2D eigenvalue weighted by atomic mass is 10.0. The van der Waals surface area contributed by atoms with Gasteiger partial charge in [-0.25, -0.2) is 0 Å². The van der Waals surface area contributed by atoms with Gasteiger partial charge >= 0.3 is 0 Å². The quantitative estimate of drug-likeness (QED) is 0.710. The fraction of sp³-hybridized carbons (Fsp3) is 0.263. The maximum absolute atomic E-state index is 12.7. The summed E-state index contributed by atoms with van der Waals surface area (Å²) >= 11 is 6.04. The highest BCUT2D eigenvalue weighted by Crippen LogP contribution is 2.23. The van der Waals surface area contributed by atoms with Gasteiger partial charge in [0.1, 0.15) is 0 Å². The number of carbonyl (C=O) groups is 2. The van der Waals surface area contributed by atoms with Crippen LogP contribution in [-0.2, 0) is 9.53 Å². The number of hydrogen-bond acceptors (Lipinski definition) is 4. The van der Waals surface area contributed by atoms with Crippen molar-refractivity contribution >= 4 is 29.0 Å². The smallest absolute Gasteiger partial charge is 0.239 e. The number of ether oxygens (including phenoxy) is 1. The van der Waals surface area contributed by atoms with E-state index >= 15 is 0 Å². The maximum atomic E-state index is 12.7. The molecule has 6 heteroatoms. The number of benzene rings is 2. The summed E-state index contributed by atoms with van der Waals surface area (Å²) in [7, 11) is 1.58. The van der Waals surface area contributed by atoms with Crippen molar-refractivity contribution in [2.75, 3.05) is 25.6 Å². The Morgan fingerprint density at radius 2 is 1.88 bits per heavy atom. The van der Waals surface area contributed by atoms with E-state index in [0.29, 0.717) is 28.4 Å². The van der Waals surface area contributed by atoms with Crippen LogP contribution in [0.2, 0.25) is 5.02 Å². The Bertz CT molecular complexity index is 735. The average Bonchev–Trinajstić information content (AvgIpc) is 2.61. The molecule has 0 fully saturated rings. The van der Waals surface area contributed by atoms with Crippen LogP contribution >= 0.6 is 11.6 Å². The Kier molecular flexibility index (Phi) is 6.98. The highest BCUT2D eigenvalue weighted by atomic mass is 35.5. The second-order valence-electron chi connectivity index (χ2n) is 5.66. The molecular formula is C19H21ClN2O3. The van der Waals surface area contributed by atoms with Gasteiger partial charge in [-0.05, 0) is 25.1 Å². The second-order valence-corrected chi connectivity index (χ2v) is 6.10. The van der Waals surface area contributed by atoms with Gasteiger partial charge in [0.25, 0.3) is 0 Å². The molecule has 0 aromatic heterocycles. The molecule has 2 N–H and O–H groups in total. The number of amides is 1. The largest absolute Gasteiger partial charge is 0.383 e. The summed E-state index contributed by atoms with van der Waals surface area (Å²) in [6.07, 6.45) is 0. The summed E-state index contributed by atoms with van der Waals surface area (Å²) in [4.78, 5) is 24.7. The molecule has 2 rings (SSSR count). The highest BCUT2D eigenvalue weighted by molar-refractivity contribution is 6.31. The summed E-state index contributed by atoms with van der Waals surface area (Å²) in [6, 6.07) is 13.8. The number of ketones is 1. The van der Waals surface area contributed by atoms with Gasteiger partial charge in [-0.2, -0.15) is 0 Å². The van der Waals surface area contributed by atoms with Gasteiger partial charge in [0.05, 0.1) is 13.2 Å². The number of hydrogen-bond donors (Lipinski definition) is 2. The van der Waals surface area contributed by atoms with E-state index in [0.717, 1.165) is 0 Å². The number of carbonyl (C=O) groups excluding carboxylic acids is 2. The minimum Gasteiger partial charge on any atom is -0.383 e. The monoisotopic (exact) mass is 360 g/mol. The van der Waals surface area contributed by atoms with Crippen molar-refractivity contribution < 1.29 is 14.3 Å². The number of anilines is 1. The van der Waals surface area contributed by atoms with Crippen molar-refractivity contribution in [3.63, 3.8) is 0 Å². The molecule has 2 aromatic carbocycles. The Labute approximate surface area is 152 Å². The van der Waals surface area contributed by atoms with Crippen LogP contribution in [-0.4, -0.2) is 38.0 Å². The SMILES string of the molecule is COCC(C)NC(=O)CNc1ccc(Cl)cc1C(=O)c1ccccc1. The first kappa shape index (κ1) is 19.0. The zero-order valence-electron chi connectivity index (χ0n) is 14.2. The predicted molar refractivity (Wildman–Crippen MR) is 99.3 cm³/mol. The van der Waals surface area contributed by atoms with Crippen LogP contribution in [0.5, 0.6) is 0 Å². The standard InChI is InChI=1S/C19H21ClN2O3/c1-13(12-25-2)22-18(23)11-21-17-9-8-15(20)10-16(17)19(24)14-6-4-3-5-7-14/h3-10,13,21H,11-12H2,1-2H3,(H,22,23). The molecular weight excluding hydrogens is 340 g/mol. The summed E-state index contributed by atoms with van der Waals surface area (Å²) < 4.78 is 4.99. The summed E-state index contributed by atoms with van der Waals surface area (Å²) in [6.45, 7) is 2.34. The third-order valence-electron chi connectivity index (χ3n) is 3.53. The molecule has 2 aromatic rings. The first-order valence-electron chi connectivity index (χ1n) is 7.92. The Hall–Kier alpha value is -2.37. The second kappa shape index (κ2) is 9.20. The average molecular weight is 361 g/mol. The lowest BCUT2D eigenvalue weighted by molar-refractivity contribution is -0.120. The van der Waals surface area contributed by atoms with Gasteiger partial charge in [0, 0.05) is 35.0 Å². The van der Waals surface area contributed by atoms with E-state index in [1.807, 2.05) is 13.0 Å². The van der Waals surface area contributed by atoms with Crippen molar-refractivity contribution in [3.05, 3.63) is 64.7 Å². The molecule has 0 aliphatic carbocycles. The van der Waals surface area contributed by atoms with Gasteiger partial charge in [-0.15, -0.1) is 0 Å². The van der Waals surface area contributed by atoms with Crippen LogP contribution in [0.25, 0.3) is 0 Å². The molecule has 25 heavy (non-hydrogen) atoms. The van der Waals surface area contributed by atoms with E-state index in [-0.39, 0.29) is 24.3 Å². The van der Waals surface area contributed by atoms with Crippen LogP contribution < -0.4 is 10.6 Å². The molecule has 0 aliphatic heterocycles. The van der Waals surface area contributed by atoms with Crippen LogP contribution in [0, 0.1) is 0 Å². The minimum atomic E-state index is -0.183. The predicted octanol–water partition coefficient (Wildman–Crippen LogP) is 3.13. The molecule has 0 saturated heterocycles. The number of nitrogens with one attached hydrogen (secondary N) is 2. The van der Waals surface area contributed by atoms with E-state index in [1.165, 1.54) is 0 Å². The summed E-state index contributed by atoms with van der Waals surface area (Å²) in [5.41, 5.74) is 1.55. The van der Waals surface area contributed by atoms with Gasteiger partial charge in [0.15, 0.2) is 5.78 Å². The normalized spacial score (nSPS) is 11.6. The maximum Gasteiger partial charge on any atom is 0.239 e. The van der Waals surface area contributed by atoms with E-state index in [2.05, 4.69) is 10.6 Å². The third kappa shape index (κ3) is 5.59. The van der Waals surface area contributed by atoms with Gasteiger partial charge in [-0.1, -0.05) is 41.9 Å². The molecule has 132 valence electrons. The lowest BCUT2D eigenvalue weighted by Gasteiger charge is -2.15. The zero-order chi connectivity index (χ0) is 18.2. The topological polar surface area (TPSA) is 67.4 Å². The van der Waals surface area contributed by atoms with E-state index in [4.69, 9.17) is 16.3 Å². The Balaban J connectivity index is 2.11. The number of rotatable bonds is 8. The van der Waals surface area contributed by atoms with Crippen molar-refractivity contribution in [2.45, 2.75) is 13.0 Å². The molecule has 1 unspecified atom stereocenters. The first-order valence-corrected chi connectivity index (χ1v) is 8.30. The molecule has 1 amide bonds. The summed E-state index contributed by atoms with van der Waals surface area (Å²) in [5, 5.41) is 6.27. The van der Waals surface area contributed by atoms with Gasteiger partial charge < -0.3 is 15.4 Å². The molecule has 0 saturated carbocycles. The van der Waals surface area contributed by atoms with Crippen LogP contribution in [0.4, 0.5) is 5.69 Å². The fourth-order valence-electron chi connectivity index (χ4n) is 2.40. The third-order valence-corrected chi connectivity index (χ3v) is 3.76. The van der Waals surface area contributed by atoms with E-state index in [1.54, 1.807) is 49.6 Å². The van der Waals surface area contributed by atoms with E-state index in [9.17, 15) is 9.59 Å². The minimum absolute atomic E-state index is 0.0464. The van der Waals surface area contributed by atoms with Gasteiger partial charge in [-0.3, -0.25) is 9.59 Å². The highest BCUT2D eigenvalue weighted by Gasteiger charge is 2.15.